The molecular weight excluding hydrogens is 254 g/mol. The molecule has 0 aromatic carbocycles. The monoisotopic (exact) mass is 271 g/mol. The van der Waals surface area contributed by atoms with Crippen molar-refractivity contribution in [2.75, 3.05) is 13.7 Å². The average molecular weight is 271 g/mol. The van der Waals surface area contributed by atoms with Gasteiger partial charge in [0.05, 0.1) is 7.11 Å². The minimum absolute atomic E-state index is 0.163. The van der Waals surface area contributed by atoms with Crippen LogP contribution in [0.1, 0.15) is 26.7 Å². The van der Waals surface area contributed by atoms with Crippen molar-refractivity contribution in [3.63, 3.8) is 0 Å². The highest BCUT2D eigenvalue weighted by Crippen LogP contribution is 2.34. The van der Waals surface area contributed by atoms with Gasteiger partial charge in [0.15, 0.2) is 18.0 Å². The van der Waals surface area contributed by atoms with Crippen molar-refractivity contribution in [2.45, 2.75) is 44.7 Å². The molecule has 2 atom stereocenters. The first-order valence-electron chi connectivity index (χ1n) is 6.13. The van der Waals surface area contributed by atoms with Crippen molar-refractivity contribution in [1.29, 1.82) is 0 Å². The maximum absolute atomic E-state index is 12.0. The topological polar surface area (TPSA) is 82.1 Å². The Morgan fingerprint density at radius 3 is 2.26 bits per heavy atom. The molecule has 0 spiro atoms. The number of rotatable bonds is 4. The predicted octanol–water partition coefficient (Wildman–Crippen LogP) is -0.172. The molecule has 19 heavy (non-hydrogen) atoms. The van der Waals surface area contributed by atoms with Crippen molar-refractivity contribution in [2.24, 2.45) is 0 Å². The molecule has 7 heteroatoms. The quantitative estimate of drug-likeness (QED) is 0.521. The molecule has 2 fully saturated rings. The number of carbonyl (C=O) groups excluding carboxylic acids is 3. The largest absolute Gasteiger partial charge is 0.469 e. The zero-order valence-electron chi connectivity index (χ0n) is 11.2. The highest BCUT2D eigenvalue weighted by molar-refractivity contribution is 6.08. The number of amides is 2. The molecule has 2 aliphatic rings. The Hall–Kier alpha value is -1.47. The van der Waals surface area contributed by atoms with E-state index in [1.54, 1.807) is 13.8 Å². The van der Waals surface area contributed by atoms with Gasteiger partial charge in [-0.3, -0.25) is 19.3 Å². The Kier molecular flexibility index (Phi) is 3.60. The molecule has 2 rings (SSSR count). The standard InChI is InChI=1S/C12H17NO6/c1-12(2)18-8-9(19-12)11(16)13(10(8)15)6-4-5-7(14)17-3/h8-9H,4-6H2,1-3H3/t8-,9+. The molecule has 0 aliphatic carbocycles. The van der Waals surface area contributed by atoms with Crippen molar-refractivity contribution >= 4 is 17.8 Å². The van der Waals surface area contributed by atoms with Crippen LogP contribution in [0.2, 0.25) is 0 Å². The number of methoxy groups -OCH3 is 1. The van der Waals surface area contributed by atoms with Crippen LogP contribution in [0.25, 0.3) is 0 Å². The van der Waals surface area contributed by atoms with Gasteiger partial charge in [-0.15, -0.1) is 0 Å². The van der Waals surface area contributed by atoms with E-state index in [9.17, 15) is 14.4 Å². The number of ether oxygens (including phenoxy) is 3. The van der Waals surface area contributed by atoms with Crippen LogP contribution in [0, 0.1) is 0 Å². The van der Waals surface area contributed by atoms with Crippen molar-refractivity contribution in [3.8, 4) is 0 Å². The minimum atomic E-state index is -0.918. The van der Waals surface area contributed by atoms with Gasteiger partial charge in [-0.2, -0.15) is 0 Å². The number of hydrogen-bond acceptors (Lipinski definition) is 6. The Morgan fingerprint density at radius 1 is 1.26 bits per heavy atom. The summed E-state index contributed by atoms with van der Waals surface area (Å²) in [5.74, 6) is -2.08. The Morgan fingerprint density at radius 2 is 1.79 bits per heavy atom. The molecule has 0 bridgehead atoms. The third kappa shape index (κ3) is 2.62. The molecule has 7 nitrogen and oxygen atoms in total. The number of imide groups is 1. The molecular formula is C12H17NO6. The smallest absolute Gasteiger partial charge is 0.305 e. The Labute approximate surface area is 110 Å². The van der Waals surface area contributed by atoms with E-state index in [-0.39, 0.29) is 18.9 Å². The van der Waals surface area contributed by atoms with Gasteiger partial charge in [0.1, 0.15) is 0 Å². The summed E-state index contributed by atoms with van der Waals surface area (Å²) >= 11 is 0. The van der Waals surface area contributed by atoms with Crippen molar-refractivity contribution < 1.29 is 28.6 Å². The van der Waals surface area contributed by atoms with E-state index in [0.717, 1.165) is 4.90 Å². The Balaban J connectivity index is 1.93. The van der Waals surface area contributed by atoms with E-state index in [4.69, 9.17) is 9.47 Å². The molecule has 2 amide bonds. The van der Waals surface area contributed by atoms with Gasteiger partial charge < -0.3 is 14.2 Å². The van der Waals surface area contributed by atoms with Crippen LogP contribution in [-0.4, -0.2) is 54.3 Å². The lowest BCUT2D eigenvalue weighted by atomic mass is 10.2. The van der Waals surface area contributed by atoms with E-state index >= 15 is 0 Å². The highest BCUT2D eigenvalue weighted by Gasteiger charge is 2.57. The lowest BCUT2D eigenvalue weighted by Gasteiger charge is -2.21. The van der Waals surface area contributed by atoms with Gasteiger partial charge in [-0.05, 0) is 20.3 Å². The molecule has 0 saturated carbocycles. The maximum Gasteiger partial charge on any atom is 0.305 e. The number of nitrogens with zero attached hydrogens (tertiary/aromatic N) is 1. The van der Waals surface area contributed by atoms with Crippen LogP contribution in [0.15, 0.2) is 0 Å². The van der Waals surface area contributed by atoms with Gasteiger partial charge in [-0.25, -0.2) is 0 Å². The van der Waals surface area contributed by atoms with E-state index < -0.39 is 29.8 Å². The number of hydrogen-bond donors (Lipinski definition) is 0. The third-order valence-electron chi connectivity index (χ3n) is 3.11. The zero-order chi connectivity index (χ0) is 14.2. The minimum Gasteiger partial charge on any atom is -0.469 e. The summed E-state index contributed by atoms with van der Waals surface area (Å²) < 4.78 is 15.3. The van der Waals surface area contributed by atoms with E-state index in [0.29, 0.717) is 6.42 Å². The van der Waals surface area contributed by atoms with Crippen LogP contribution >= 0.6 is 0 Å². The average Bonchev–Trinajstić information content (AvgIpc) is 2.77. The summed E-state index contributed by atoms with van der Waals surface area (Å²) in [6.45, 7) is 3.49. The second-order valence-electron chi connectivity index (χ2n) is 4.98. The third-order valence-corrected chi connectivity index (χ3v) is 3.11. The molecule has 2 aliphatic heterocycles. The summed E-state index contributed by atoms with van der Waals surface area (Å²) in [7, 11) is 1.29. The first kappa shape index (κ1) is 14.0. The molecule has 0 radical (unpaired) electrons. The Bertz CT molecular complexity index is 392. The summed E-state index contributed by atoms with van der Waals surface area (Å²) in [6, 6.07) is 0. The molecule has 0 aromatic rings. The first-order valence-corrected chi connectivity index (χ1v) is 6.13. The lowest BCUT2D eigenvalue weighted by Crippen LogP contribution is -2.38. The van der Waals surface area contributed by atoms with Gasteiger partial charge >= 0.3 is 5.97 Å². The van der Waals surface area contributed by atoms with Gasteiger partial charge in [0.2, 0.25) is 0 Å². The normalized spacial score (nSPS) is 28.7. The number of esters is 1. The molecule has 106 valence electrons. The predicted molar refractivity (Wildman–Crippen MR) is 61.8 cm³/mol. The summed E-state index contributed by atoms with van der Waals surface area (Å²) in [5, 5.41) is 0. The van der Waals surface area contributed by atoms with Crippen LogP contribution < -0.4 is 0 Å². The number of carbonyl (C=O) groups is 3. The van der Waals surface area contributed by atoms with E-state index in [1.807, 2.05) is 0 Å². The number of fused-ring (bicyclic) bond motifs is 1. The highest BCUT2D eigenvalue weighted by atomic mass is 16.8. The maximum atomic E-state index is 12.0. The van der Waals surface area contributed by atoms with Crippen LogP contribution in [0.3, 0.4) is 0 Å². The van der Waals surface area contributed by atoms with E-state index in [2.05, 4.69) is 4.74 Å². The van der Waals surface area contributed by atoms with Gasteiger partial charge in [0.25, 0.3) is 11.8 Å². The number of likely N-dealkylation sites (tertiary alicyclic amines) is 1. The van der Waals surface area contributed by atoms with Crippen molar-refractivity contribution in [3.05, 3.63) is 0 Å². The zero-order valence-corrected chi connectivity index (χ0v) is 11.2. The van der Waals surface area contributed by atoms with Crippen LogP contribution in [0.5, 0.6) is 0 Å². The second kappa shape index (κ2) is 4.90. The van der Waals surface area contributed by atoms with Crippen LogP contribution in [-0.2, 0) is 28.6 Å². The molecule has 0 aromatic heterocycles. The summed E-state index contributed by atoms with van der Waals surface area (Å²) in [4.78, 5) is 36.1. The van der Waals surface area contributed by atoms with Gasteiger partial charge in [0, 0.05) is 13.0 Å². The fourth-order valence-corrected chi connectivity index (χ4v) is 2.24. The molecule has 0 N–H and O–H groups in total. The molecule has 2 saturated heterocycles. The fraction of sp³-hybridized carbons (Fsp3) is 0.750. The van der Waals surface area contributed by atoms with Crippen molar-refractivity contribution in [1.82, 2.24) is 4.90 Å². The first-order chi connectivity index (χ1) is 8.85. The summed E-state index contributed by atoms with van der Waals surface area (Å²) in [5.41, 5.74) is 0. The summed E-state index contributed by atoms with van der Waals surface area (Å²) in [6.07, 6.45) is -1.19. The fourth-order valence-electron chi connectivity index (χ4n) is 2.24. The lowest BCUT2D eigenvalue weighted by molar-refractivity contribution is -0.175. The van der Waals surface area contributed by atoms with Crippen LogP contribution in [0.4, 0.5) is 0 Å². The second-order valence-corrected chi connectivity index (χ2v) is 4.98. The molecule has 0 unspecified atom stereocenters. The van der Waals surface area contributed by atoms with Gasteiger partial charge in [-0.1, -0.05) is 0 Å². The SMILES string of the molecule is COC(=O)CCCN1C(=O)[C@H]2OC(C)(C)O[C@H]2C1=O. The van der Waals surface area contributed by atoms with E-state index in [1.165, 1.54) is 7.11 Å². The molecule has 2 heterocycles.